The molecule has 1 heterocycles. The maximum atomic E-state index is 13.5. The second kappa shape index (κ2) is 9.28. The van der Waals surface area contributed by atoms with Crippen molar-refractivity contribution in [1.82, 2.24) is 5.32 Å². The Morgan fingerprint density at radius 1 is 1.09 bits per heavy atom. The number of amides is 1. The molecule has 4 nitrogen and oxygen atoms in total. The molecule has 1 aromatic heterocycles. The second-order valence-corrected chi connectivity index (χ2v) is 14.4. The molecule has 2 unspecified atom stereocenters. The molecule has 0 saturated heterocycles. The minimum absolute atomic E-state index is 0.0366. The van der Waals surface area contributed by atoms with Crippen molar-refractivity contribution in [2.24, 2.45) is 46.3 Å². The van der Waals surface area contributed by atoms with Gasteiger partial charge in [0.2, 0.25) is 5.91 Å². The van der Waals surface area contributed by atoms with Crippen molar-refractivity contribution >= 4 is 40.4 Å². The molecule has 4 aliphatic rings. The van der Waals surface area contributed by atoms with Gasteiger partial charge in [-0.1, -0.05) is 32.4 Å². The van der Waals surface area contributed by atoms with Crippen molar-refractivity contribution in [3.63, 3.8) is 0 Å². The summed E-state index contributed by atoms with van der Waals surface area (Å²) < 4.78 is 0.743. The van der Waals surface area contributed by atoms with Gasteiger partial charge in [-0.05, 0) is 91.6 Å². The number of hydrogen-bond donors (Lipinski definition) is 1. The van der Waals surface area contributed by atoms with E-state index < -0.39 is 0 Å². The predicted octanol–water partition coefficient (Wildman–Crippen LogP) is 7.01. The zero-order valence-corrected chi connectivity index (χ0v) is 23.1. The van der Waals surface area contributed by atoms with Crippen molar-refractivity contribution in [1.29, 1.82) is 0 Å². The fraction of sp³-hybridized carbons (Fsp3) is 0.759. The SMILES string of the molecule is CC(NC(=O)C[C@@H](C)C1CC[C@H]2[C@@H]3C(=O)C[C@@H]4CC(=O)CC[C@]4(C)[C@H]3CC[C@]12C)c1ccc(Cl)s1. The molecule has 0 radical (unpaired) electrons. The fourth-order valence-corrected chi connectivity index (χ4v) is 10.1. The van der Waals surface area contributed by atoms with Crippen LogP contribution < -0.4 is 5.32 Å². The number of carbonyl (C=O) groups is 3. The Morgan fingerprint density at radius 2 is 1.83 bits per heavy atom. The number of Topliss-reactive ketones (excluding diaryl/α,β-unsaturated/α-hetero) is 2. The first-order valence-electron chi connectivity index (χ1n) is 13.6. The van der Waals surface area contributed by atoms with Gasteiger partial charge in [0.05, 0.1) is 10.4 Å². The number of fused-ring (bicyclic) bond motifs is 5. The summed E-state index contributed by atoms with van der Waals surface area (Å²) in [6, 6.07) is 3.82. The van der Waals surface area contributed by atoms with E-state index in [-0.39, 0.29) is 40.5 Å². The lowest BCUT2D eigenvalue weighted by Gasteiger charge is -2.59. The number of halogens is 1. The Bertz CT molecular complexity index is 1020. The third-order valence-electron chi connectivity index (χ3n) is 11.0. The van der Waals surface area contributed by atoms with Crippen LogP contribution in [0, 0.1) is 46.3 Å². The first kappa shape index (κ1) is 25.4. The molecule has 1 N–H and O–H groups in total. The van der Waals surface area contributed by atoms with Gasteiger partial charge in [0.25, 0.3) is 0 Å². The van der Waals surface area contributed by atoms with Crippen LogP contribution in [0.1, 0.15) is 96.4 Å². The topological polar surface area (TPSA) is 63.2 Å². The summed E-state index contributed by atoms with van der Waals surface area (Å²) in [5.41, 5.74) is 0.259. The number of carbonyl (C=O) groups excluding carboxylic acids is 3. The summed E-state index contributed by atoms with van der Waals surface area (Å²) in [6.45, 7) is 9.06. The summed E-state index contributed by atoms with van der Waals surface area (Å²) in [4.78, 5) is 39.7. The van der Waals surface area contributed by atoms with Crippen LogP contribution in [0.2, 0.25) is 4.34 Å². The zero-order valence-electron chi connectivity index (χ0n) is 21.6. The number of hydrogen-bond acceptors (Lipinski definition) is 4. The van der Waals surface area contributed by atoms with Gasteiger partial charge in [-0.2, -0.15) is 0 Å². The number of thiophene rings is 1. The van der Waals surface area contributed by atoms with Crippen molar-refractivity contribution < 1.29 is 14.4 Å². The van der Waals surface area contributed by atoms with Crippen molar-refractivity contribution in [3.05, 3.63) is 21.3 Å². The van der Waals surface area contributed by atoms with Crippen molar-refractivity contribution in [2.75, 3.05) is 0 Å². The largest absolute Gasteiger partial charge is 0.349 e. The van der Waals surface area contributed by atoms with Crippen LogP contribution in [0.3, 0.4) is 0 Å². The van der Waals surface area contributed by atoms with E-state index in [1.54, 1.807) is 0 Å². The van der Waals surface area contributed by atoms with Gasteiger partial charge in [0.1, 0.15) is 11.6 Å². The second-order valence-electron chi connectivity index (χ2n) is 12.7. The van der Waals surface area contributed by atoms with Crippen LogP contribution in [-0.2, 0) is 14.4 Å². The molecule has 5 rings (SSSR count). The molecule has 4 saturated carbocycles. The van der Waals surface area contributed by atoms with Gasteiger partial charge >= 0.3 is 0 Å². The normalized spacial score (nSPS) is 40.4. The fourth-order valence-electron chi connectivity index (χ4n) is 9.07. The van der Waals surface area contributed by atoms with Crippen LogP contribution in [0.25, 0.3) is 0 Å². The van der Waals surface area contributed by atoms with Gasteiger partial charge < -0.3 is 5.32 Å². The van der Waals surface area contributed by atoms with Crippen molar-refractivity contribution in [2.45, 2.75) is 91.5 Å². The summed E-state index contributed by atoms with van der Waals surface area (Å²) >= 11 is 7.58. The number of nitrogens with one attached hydrogen (secondary N) is 1. The summed E-state index contributed by atoms with van der Waals surface area (Å²) in [5.74, 6) is 2.89. The quantitative estimate of drug-likeness (QED) is 0.456. The van der Waals surface area contributed by atoms with Crippen LogP contribution in [0.15, 0.2) is 12.1 Å². The maximum Gasteiger partial charge on any atom is 0.220 e. The highest BCUT2D eigenvalue weighted by Crippen LogP contribution is 2.67. The average Bonchev–Trinajstić information content (AvgIpc) is 3.38. The molecular formula is C29H40ClNO3S. The molecule has 0 bridgehead atoms. The number of rotatable bonds is 5. The lowest BCUT2D eigenvalue weighted by molar-refractivity contribution is -0.159. The Labute approximate surface area is 219 Å². The molecular weight excluding hydrogens is 478 g/mol. The summed E-state index contributed by atoms with van der Waals surface area (Å²) in [6.07, 6.45) is 7.84. The Balaban J connectivity index is 1.27. The lowest BCUT2D eigenvalue weighted by Crippen LogP contribution is -2.57. The molecule has 9 atom stereocenters. The van der Waals surface area contributed by atoms with Gasteiger partial charge in [-0.3, -0.25) is 14.4 Å². The number of ketones is 2. The predicted molar refractivity (Wildman–Crippen MR) is 140 cm³/mol. The van der Waals surface area contributed by atoms with E-state index in [0.29, 0.717) is 55.0 Å². The van der Waals surface area contributed by atoms with Crippen LogP contribution in [0.4, 0.5) is 0 Å². The highest BCUT2D eigenvalue weighted by molar-refractivity contribution is 7.16. The Kier molecular flexibility index (Phi) is 6.74. The van der Waals surface area contributed by atoms with Crippen LogP contribution >= 0.6 is 22.9 Å². The molecule has 0 aromatic carbocycles. The molecule has 0 spiro atoms. The molecule has 4 fully saturated rings. The first-order chi connectivity index (χ1) is 16.5. The molecule has 1 aromatic rings. The Morgan fingerprint density at radius 3 is 2.54 bits per heavy atom. The van der Waals surface area contributed by atoms with E-state index in [4.69, 9.17) is 11.6 Å². The first-order valence-corrected chi connectivity index (χ1v) is 14.8. The molecule has 4 aliphatic carbocycles. The van der Waals surface area contributed by atoms with Gasteiger partial charge in [-0.15, -0.1) is 11.3 Å². The molecule has 35 heavy (non-hydrogen) atoms. The minimum Gasteiger partial charge on any atom is -0.349 e. The standard InChI is InChI=1S/C29H40ClNO3S/c1-16(13-26(34)31-17(2)24-7-8-25(30)35-24)20-5-6-21-27-22(10-12-29(20,21)4)28(3)11-9-19(32)14-18(28)15-23(27)33/h7-8,16-18,20-22,27H,5-6,9-15H2,1-4H3,(H,31,34)/t16-,17?,18+,20?,21+,22+,27+,28+,29-/m1/s1. The van der Waals surface area contributed by atoms with E-state index in [2.05, 4.69) is 26.1 Å². The van der Waals surface area contributed by atoms with E-state index >= 15 is 0 Å². The molecule has 1 amide bonds. The Hall–Kier alpha value is -1.20. The third-order valence-corrected chi connectivity index (χ3v) is 12.4. The lowest BCUT2D eigenvalue weighted by atomic mass is 9.44. The van der Waals surface area contributed by atoms with Gasteiger partial charge in [0.15, 0.2) is 0 Å². The molecule has 192 valence electrons. The minimum atomic E-state index is -0.0366. The highest BCUT2D eigenvalue weighted by Gasteiger charge is 2.63. The zero-order chi connectivity index (χ0) is 25.1. The summed E-state index contributed by atoms with van der Waals surface area (Å²) in [5, 5.41) is 3.17. The van der Waals surface area contributed by atoms with Crippen LogP contribution in [0.5, 0.6) is 0 Å². The van der Waals surface area contributed by atoms with E-state index in [1.165, 1.54) is 11.3 Å². The van der Waals surface area contributed by atoms with Crippen LogP contribution in [-0.4, -0.2) is 17.5 Å². The van der Waals surface area contributed by atoms with E-state index in [0.717, 1.165) is 41.3 Å². The summed E-state index contributed by atoms with van der Waals surface area (Å²) in [7, 11) is 0. The van der Waals surface area contributed by atoms with E-state index in [9.17, 15) is 14.4 Å². The monoisotopic (exact) mass is 517 g/mol. The molecule has 0 aliphatic heterocycles. The van der Waals surface area contributed by atoms with Crippen molar-refractivity contribution in [3.8, 4) is 0 Å². The maximum absolute atomic E-state index is 13.5. The van der Waals surface area contributed by atoms with Gasteiger partial charge in [-0.25, -0.2) is 0 Å². The highest BCUT2D eigenvalue weighted by atomic mass is 35.5. The smallest absolute Gasteiger partial charge is 0.220 e. The molecule has 6 heteroatoms. The van der Waals surface area contributed by atoms with E-state index in [1.807, 2.05) is 19.1 Å². The average molecular weight is 518 g/mol. The third kappa shape index (κ3) is 4.33. The van der Waals surface area contributed by atoms with Gasteiger partial charge in [0, 0.05) is 36.5 Å².